The number of ether oxygens (including phenoxy) is 3. The Hall–Kier alpha value is -2.11. The molecule has 0 saturated carbocycles. The molecule has 83 heavy (non-hydrogen) atoms. The molecule has 1 atom stereocenters. The van der Waals surface area contributed by atoms with Crippen molar-refractivity contribution in [3.63, 3.8) is 0 Å². The van der Waals surface area contributed by atoms with Crippen LogP contribution in [0.5, 0.6) is 0 Å². The summed E-state index contributed by atoms with van der Waals surface area (Å²) in [6.45, 7) is 6.73. The fourth-order valence-electron chi connectivity index (χ4n) is 11.7. The lowest BCUT2D eigenvalue weighted by Crippen LogP contribution is -2.30. The number of hydrogen-bond acceptors (Lipinski definition) is 6. The molecule has 6 nitrogen and oxygen atoms in total. The average Bonchev–Trinajstić information content (AvgIpc) is 3.50. The van der Waals surface area contributed by atoms with E-state index in [2.05, 4.69) is 45.1 Å². The molecular formula is C77H146O6. The molecule has 0 aromatic carbocycles. The maximum atomic E-state index is 13.0. The molecule has 0 bridgehead atoms. The molecule has 0 aliphatic carbocycles. The molecular weight excluding hydrogens is 1020 g/mol. The summed E-state index contributed by atoms with van der Waals surface area (Å²) < 4.78 is 17.0. The van der Waals surface area contributed by atoms with Gasteiger partial charge in [0.15, 0.2) is 6.10 Å². The van der Waals surface area contributed by atoms with Crippen LogP contribution in [-0.2, 0) is 28.6 Å². The highest BCUT2D eigenvalue weighted by molar-refractivity contribution is 5.71. The molecule has 0 radical (unpaired) electrons. The van der Waals surface area contributed by atoms with Crippen molar-refractivity contribution < 1.29 is 28.6 Å². The van der Waals surface area contributed by atoms with Gasteiger partial charge >= 0.3 is 17.9 Å². The number of carbonyl (C=O) groups excluding carboxylic acids is 3. The Bertz CT molecular complexity index is 1340. The van der Waals surface area contributed by atoms with Crippen LogP contribution >= 0.6 is 0 Å². The smallest absolute Gasteiger partial charge is 0.306 e. The molecule has 490 valence electrons. The number of unbranched alkanes of at least 4 members (excludes halogenated alkanes) is 56. The van der Waals surface area contributed by atoms with Crippen LogP contribution in [0.25, 0.3) is 0 Å². The third-order valence-electron chi connectivity index (χ3n) is 17.4. The van der Waals surface area contributed by atoms with Crippen LogP contribution < -0.4 is 0 Å². The highest BCUT2D eigenvalue weighted by Gasteiger charge is 2.20. The summed E-state index contributed by atoms with van der Waals surface area (Å²) in [7, 11) is 0. The molecule has 0 amide bonds. The lowest BCUT2D eigenvalue weighted by Gasteiger charge is -2.18. The van der Waals surface area contributed by atoms with Crippen molar-refractivity contribution in [1.29, 1.82) is 0 Å². The summed E-state index contributed by atoms with van der Waals surface area (Å²) in [6.07, 6.45) is 89.3. The molecule has 0 rings (SSSR count). The van der Waals surface area contributed by atoms with Gasteiger partial charge in [-0.25, -0.2) is 0 Å². The summed E-state index contributed by atoms with van der Waals surface area (Å²) in [5.41, 5.74) is 0. The van der Waals surface area contributed by atoms with Gasteiger partial charge in [-0.1, -0.05) is 366 Å². The van der Waals surface area contributed by atoms with Crippen molar-refractivity contribution in [2.75, 3.05) is 13.2 Å². The van der Waals surface area contributed by atoms with E-state index in [-0.39, 0.29) is 31.1 Å². The van der Waals surface area contributed by atoms with E-state index in [1.54, 1.807) is 0 Å². The van der Waals surface area contributed by atoms with Gasteiger partial charge in [0.2, 0.25) is 0 Å². The van der Waals surface area contributed by atoms with Gasteiger partial charge < -0.3 is 14.2 Å². The Morgan fingerprint density at radius 3 is 0.602 bits per heavy atom. The molecule has 0 saturated heterocycles. The summed E-state index contributed by atoms with van der Waals surface area (Å²) in [5.74, 6) is -0.833. The highest BCUT2D eigenvalue weighted by Crippen LogP contribution is 2.19. The first-order chi connectivity index (χ1) is 41.0. The topological polar surface area (TPSA) is 78.9 Å². The van der Waals surface area contributed by atoms with Gasteiger partial charge in [0, 0.05) is 19.3 Å². The van der Waals surface area contributed by atoms with Gasteiger partial charge in [0.1, 0.15) is 13.2 Å². The van der Waals surface area contributed by atoms with Gasteiger partial charge in [-0.2, -0.15) is 0 Å². The predicted octanol–water partition coefficient (Wildman–Crippen LogP) is 26.1. The van der Waals surface area contributed by atoms with Crippen LogP contribution in [0.15, 0.2) is 24.3 Å². The molecule has 0 spiro atoms. The lowest BCUT2D eigenvalue weighted by atomic mass is 10.0. The normalized spacial score (nSPS) is 12.1. The Balaban J connectivity index is 4.25. The van der Waals surface area contributed by atoms with Crippen molar-refractivity contribution in [2.24, 2.45) is 0 Å². The van der Waals surface area contributed by atoms with Crippen LogP contribution in [-0.4, -0.2) is 37.2 Å². The van der Waals surface area contributed by atoms with E-state index in [1.165, 1.54) is 334 Å². The highest BCUT2D eigenvalue weighted by atomic mass is 16.6. The minimum atomic E-state index is -0.771. The van der Waals surface area contributed by atoms with E-state index in [4.69, 9.17) is 14.2 Å². The van der Waals surface area contributed by atoms with Gasteiger partial charge in [-0.3, -0.25) is 14.4 Å². The maximum absolute atomic E-state index is 13.0. The maximum Gasteiger partial charge on any atom is 0.306 e. The van der Waals surface area contributed by atoms with Crippen molar-refractivity contribution in [2.45, 2.75) is 438 Å². The molecule has 0 aromatic rings. The zero-order chi connectivity index (χ0) is 59.9. The molecule has 0 aliphatic heterocycles. The second kappa shape index (κ2) is 72.4. The molecule has 0 aromatic heterocycles. The summed E-state index contributed by atoms with van der Waals surface area (Å²) in [6, 6.07) is 0. The number of hydrogen-bond donors (Lipinski definition) is 0. The van der Waals surface area contributed by atoms with E-state index in [0.29, 0.717) is 19.3 Å². The van der Waals surface area contributed by atoms with Gasteiger partial charge in [-0.05, 0) is 70.6 Å². The Kier molecular flexibility index (Phi) is 70.5. The fourth-order valence-corrected chi connectivity index (χ4v) is 11.7. The largest absolute Gasteiger partial charge is 0.462 e. The Labute approximate surface area is 519 Å². The van der Waals surface area contributed by atoms with E-state index in [1.807, 2.05) is 0 Å². The van der Waals surface area contributed by atoms with Crippen molar-refractivity contribution in [1.82, 2.24) is 0 Å². The third kappa shape index (κ3) is 70.5. The zero-order valence-corrected chi connectivity index (χ0v) is 56.5. The van der Waals surface area contributed by atoms with E-state index >= 15 is 0 Å². The fraction of sp³-hybridized carbons (Fsp3) is 0.909. The van der Waals surface area contributed by atoms with Crippen molar-refractivity contribution >= 4 is 17.9 Å². The molecule has 6 heteroatoms. The van der Waals surface area contributed by atoms with Gasteiger partial charge in [0.05, 0.1) is 0 Å². The first kappa shape index (κ1) is 80.9. The van der Waals surface area contributed by atoms with Gasteiger partial charge in [0.25, 0.3) is 0 Å². The molecule has 0 heterocycles. The number of rotatable bonds is 71. The monoisotopic (exact) mass is 1170 g/mol. The Morgan fingerprint density at radius 1 is 0.229 bits per heavy atom. The second-order valence-electron chi connectivity index (χ2n) is 25.9. The van der Waals surface area contributed by atoms with Crippen LogP contribution in [0, 0.1) is 0 Å². The van der Waals surface area contributed by atoms with Crippen LogP contribution in [0.1, 0.15) is 432 Å². The van der Waals surface area contributed by atoms with Crippen molar-refractivity contribution in [3.05, 3.63) is 24.3 Å². The summed E-state index contributed by atoms with van der Waals surface area (Å²) in [5, 5.41) is 0. The van der Waals surface area contributed by atoms with E-state index in [0.717, 1.165) is 57.8 Å². The molecule has 0 aliphatic rings. The summed E-state index contributed by atoms with van der Waals surface area (Å²) in [4.78, 5) is 38.5. The third-order valence-corrected chi connectivity index (χ3v) is 17.4. The Morgan fingerprint density at radius 2 is 0.398 bits per heavy atom. The standard InChI is InChI=1S/C77H146O6/c1-4-7-10-13-16-19-22-25-28-31-33-35-36-37-38-39-40-42-43-46-49-52-55-58-61-64-67-70-76(79)82-73-74(72-81-75(78)69-66-63-60-57-54-51-48-45-30-27-24-21-18-15-12-9-6-3)83-77(80)71-68-65-62-59-56-53-50-47-44-41-34-32-29-26-23-20-17-14-11-8-5-2/h27,30-31,33,74H,4-26,28-29,32,34-73H2,1-3H3/b30-27-,33-31-. The SMILES string of the molecule is CCCCCCCC/C=C\CCCCCCCCCC(=O)OCC(COC(=O)CCCCCCCCCCCCCCCCC/C=C\CCCCCCCCCC)OC(=O)CCCCCCCCCCCCCCCCCCCCCCC. The van der Waals surface area contributed by atoms with Crippen LogP contribution in [0.2, 0.25) is 0 Å². The number of allylic oxidation sites excluding steroid dienone is 4. The van der Waals surface area contributed by atoms with Crippen LogP contribution in [0.3, 0.4) is 0 Å². The molecule has 0 N–H and O–H groups in total. The molecule has 1 unspecified atom stereocenters. The second-order valence-corrected chi connectivity index (χ2v) is 25.9. The average molecular weight is 1170 g/mol. The lowest BCUT2D eigenvalue weighted by molar-refractivity contribution is -0.167. The zero-order valence-electron chi connectivity index (χ0n) is 56.5. The predicted molar refractivity (Wildman–Crippen MR) is 363 cm³/mol. The minimum Gasteiger partial charge on any atom is -0.462 e. The number of esters is 3. The van der Waals surface area contributed by atoms with Crippen molar-refractivity contribution in [3.8, 4) is 0 Å². The first-order valence-electron chi connectivity index (χ1n) is 37.8. The van der Waals surface area contributed by atoms with E-state index < -0.39 is 6.10 Å². The summed E-state index contributed by atoms with van der Waals surface area (Å²) >= 11 is 0. The van der Waals surface area contributed by atoms with Crippen LogP contribution in [0.4, 0.5) is 0 Å². The quantitative estimate of drug-likeness (QED) is 0.0261. The number of carbonyl (C=O) groups is 3. The van der Waals surface area contributed by atoms with Gasteiger partial charge in [-0.15, -0.1) is 0 Å². The minimum absolute atomic E-state index is 0.0661. The molecule has 0 fully saturated rings. The van der Waals surface area contributed by atoms with E-state index in [9.17, 15) is 14.4 Å². The first-order valence-corrected chi connectivity index (χ1v) is 37.8.